The predicted molar refractivity (Wildman–Crippen MR) is 71.3 cm³/mol. The zero-order valence-electron chi connectivity index (χ0n) is 10.9. The second-order valence-corrected chi connectivity index (χ2v) is 4.41. The summed E-state index contributed by atoms with van der Waals surface area (Å²) >= 11 is 0. The summed E-state index contributed by atoms with van der Waals surface area (Å²) in [6.45, 7) is 3.97. The number of hydrogen-bond donors (Lipinski definition) is 1. The Labute approximate surface area is 111 Å². The normalized spacial score (nSPS) is 10.3. The lowest BCUT2D eigenvalue weighted by molar-refractivity contribution is 0.0949. The molecule has 1 aromatic heterocycles. The highest BCUT2D eigenvalue weighted by Crippen LogP contribution is 2.10. The van der Waals surface area contributed by atoms with Gasteiger partial charge in [-0.05, 0) is 49.7 Å². The van der Waals surface area contributed by atoms with E-state index < -0.39 is 0 Å². The van der Waals surface area contributed by atoms with Crippen molar-refractivity contribution < 1.29 is 9.18 Å². The van der Waals surface area contributed by atoms with Gasteiger partial charge in [-0.3, -0.25) is 9.78 Å². The van der Waals surface area contributed by atoms with Gasteiger partial charge in [0.1, 0.15) is 5.82 Å². The Morgan fingerprint density at radius 1 is 1.26 bits per heavy atom. The van der Waals surface area contributed by atoms with Crippen molar-refractivity contribution in [3.63, 3.8) is 0 Å². The molecule has 0 spiro atoms. The number of carbonyl (C=O) groups is 1. The summed E-state index contributed by atoms with van der Waals surface area (Å²) in [6, 6.07) is 9.77. The number of halogens is 1. The molecular weight excluding hydrogens is 243 g/mol. The van der Waals surface area contributed by atoms with Crippen LogP contribution < -0.4 is 5.32 Å². The Morgan fingerprint density at radius 3 is 2.74 bits per heavy atom. The number of benzene rings is 1. The molecule has 19 heavy (non-hydrogen) atoms. The zero-order valence-corrected chi connectivity index (χ0v) is 10.9. The molecular formula is C15H15FN2O. The van der Waals surface area contributed by atoms with E-state index in [1.54, 1.807) is 6.92 Å². The molecule has 0 radical (unpaired) electrons. The maximum Gasteiger partial charge on any atom is 0.251 e. The number of rotatable bonds is 3. The lowest BCUT2D eigenvalue weighted by Crippen LogP contribution is -2.24. The van der Waals surface area contributed by atoms with Crippen LogP contribution in [0.4, 0.5) is 4.39 Å². The molecule has 98 valence electrons. The number of pyridine rings is 1. The molecule has 0 aliphatic carbocycles. The summed E-state index contributed by atoms with van der Waals surface area (Å²) < 4.78 is 13.0. The number of nitrogens with one attached hydrogen (secondary N) is 1. The van der Waals surface area contributed by atoms with E-state index in [1.807, 2.05) is 25.1 Å². The van der Waals surface area contributed by atoms with Crippen LogP contribution in [0.2, 0.25) is 0 Å². The molecule has 1 N–H and O–H groups in total. The summed E-state index contributed by atoms with van der Waals surface area (Å²) in [6.07, 6.45) is 0. The Morgan fingerprint density at radius 2 is 2.05 bits per heavy atom. The van der Waals surface area contributed by atoms with Gasteiger partial charge in [-0.25, -0.2) is 4.39 Å². The van der Waals surface area contributed by atoms with Gasteiger partial charge >= 0.3 is 0 Å². The van der Waals surface area contributed by atoms with E-state index >= 15 is 0 Å². The van der Waals surface area contributed by atoms with Crippen LogP contribution in [-0.4, -0.2) is 10.9 Å². The first-order chi connectivity index (χ1) is 9.06. The average molecular weight is 258 g/mol. The summed E-state index contributed by atoms with van der Waals surface area (Å²) in [5, 5.41) is 2.78. The first-order valence-electron chi connectivity index (χ1n) is 6.03. The zero-order chi connectivity index (χ0) is 13.8. The molecule has 0 atom stereocenters. The second-order valence-electron chi connectivity index (χ2n) is 4.41. The van der Waals surface area contributed by atoms with E-state index in [1.165, 1.54) is 18.2 Å². The van der Waals surface area contributed by atoms with Crippen LogP contribution >= 0.6 is 0 Å². The molecule has 0 saturated heterocycles. The third-order valence-electron chi connectivity index (χ3n) is 2.81. The molecule has 2 aromatic rings. The third-order valence-corrected chi connectivity index (χ3v) is 2.81. The van der Waals surface area contributed by atoms with Crippen molar-refractivity contribution >= 4 is 5.91 Å². The van der Waals surface area contributed by atoms with Gasteiger partial charge in [0.05, 0.1) is 12.2 Å². The standard InChI is InChI=1S/C15H15FN2O/c1-10-8-12(16)6-7-14(10)15(19)17-9-13-5-3-4-11(2)18-13/h3-8H,9H2,1-2H3,(H,17,19). The van der Waals surface area contributed by atoms with Crippen LogP contribution in [0, 0.1) is 19.7 Å². The van der Waals surface area contributed by atoms with Crippen molar-refractivity contribution in [2.45, 2.75) is 20.4 Å². The number of aromatic nitrogens is 1. The highest BCUT2D eigenvalue weighted by Gasteiger charge is 2.09. The minimum absolute atomic E-state index is 0.221. The van der Waals surface area contributed by atoms with Crippen molar-refractivity contribution in [1.82, 2.24) is 10.3 Å². The molecule has 4 heteroatoms. The van der Waals surface area contributed by atoms with Crippen LogP contribution in [0.5, 0.6) is 0 Å². The van der Waals surface area contributed by atoms with Gasteiger partial charge in [-0.2, -0.15) is 0 Å². The molecule has 0 fully saturated rings. The SMILES string of the molecule is Cc1cccc(CNC(=O)c2ccc(F)cc2C)n1. The molecule has 3 nitrogen and oxygen atoms in total. The number of amides is 1. The maximum atomic E-state index is 13.0. The van der Waals surface area contributed by atoms with Gasteiger partial charge < -0.3 is 5.32 Å². The summed E-state index contributed by atoms with van der Waals surface area (Å²) in [5.74, 6) is -0.560. The number of carbonyl (C=O) groups excluding carboxylic acids is 1. The topological polar surface area (TPSA) is 42.0 Å². The summed E-state index contributed by atoms with van der Waals surface area (Å²) in [5.41, 5.74) is 2.81. The molecule has 0 aliphatic heterocycles. The monoisotopic (exact) mass is 258 g/mol. The van der Waals surface area contributed by atoms with Crippen LogP contribution in [0.3, 0.4) is 0 Å². The molecule has 0 bridgehead atoms. The predicted octanol–water partition coefficient (Wildman–Crippen LogP) is 2.77. The van der Waals surface area contributed by atoms with Crippen molar-refractivity contribution in [2.75, 3.05) is 0 Å². The smallest absolute Gasteiger partial charge is 0.251 e. The van der Waals surface area contributed by atoms with Crippen molar-refractivity contribution in [3.05, 3.63) is 64.7 Å². The molecule has 2 rings (SSSR count). The van der Waals surface area contributed by atoms with Gasteiger partial charge in [-0.15, -0.1) is 0 Å². The maximum absolute atomic E-state index is 13.0. The van der Waals surface area contributed by atoms with E-state index in [4.69, 9.17) is 0 Å². The van der Waals surface area contributed by atoms with E-state index in [0.717, 1.165) is 11.4 Å². The molecule has 0 aliphatic rings. The van der Waals surface area contributed by atoms with Crippen LogP contribution in [0.25, 0.3) is 0 Å². The minimum atomic E-state index is -0.339. The number of nitrogens with zero attached hydrogens (tertiary/aromatic N) is 1. The first kappa shape index (κ1) is 13.2. The van der Waals surface area contributed by atoms with Gasteiger partial charge in [0, 0.05) is 11.3 Å². The van der Waals surface area contributed by atoms with Gasteiger partial charge in [0.2, 0.25) is 0 Å². The number of hydrogen-bond acceptors (Lipinski definition) is 2. The Bertz CT molecular complexity index is 611. The third kappa shape index (κ3) is 3.37. The van der Waals surface area contributed by atoms with Gasteiger partial charge in [0.15, 0.2) is 0 Å². The minimum Gasteiger partial charge on any atom is -0.346 e. The van der Waals surface area contributed by atoms with Gasteiger partial charge in [-0.1, -0.05) is 6.07 Å². The summed E-state index contributed by atoms with van der Waals surface area (Å²) in [4.78, 5) is 16.3. The first-order valence-corrected chi connectivity index (χ1v) is 6.03. The fourth-order valence-electron chi connectivity index (χ4n) is 1.85. The van der Waals surface area contributed by atoms with E-state index in [-0.39, 0.29) is 11.7 Å². The summed E-state index contributed by atoms with van der Waals surface area (Å²) in [7, 11) is 0. The lowest BCUT2D eigenvalue weighted by Gasteiger charge is -2.07. The Balaban J connectivity index is 2.05. The van der Waals surface area contributed by atoms with Gasteiger partial charge in [0.25, 0.3) is 5.91 Å². The fraction of sp³-hybridized carbons (Fsp3) is 0.200. The van der Waals surface area contributed by atoms with Crippen molar-refractivity contribution in [2.24, 2.45) is 0 Å². The molecule has 1 heterocycles. The largest absolute Gasteiger partial charge is 0.346 e. The van der Waals surface area contributed by atoms with Crippen LogP contribution in [-0.2, 0) is 6.54 Å². The molecule has 0 saturated carbocycles. The molecule has 1 aromatic carbocycles. The average Bonchev–Trinajstić information content (AvgIpc) is 2.36. The highest BCUT2D eigenvalue weighted by molar-refractivity contribution is 5.95. The second kappa shape index (κ2) is 5.61. The molecule has 0 unspecified atom stereocenters. The van der Waals surface area contributed by atoms with Crippen molar-refractivity contribution in [1.29, 1.82) is 0 Å². The van der Waals surface area contributed by atoms with E-state index in [0.29, 0.717) is 17.7 Å². The van der Waals surface area contributed by atoms with Crippen LogP contribution in [0.15, 0.2) is 36.4 Å². The lowest BCUT2D eigenvalue weighted by atomic mass is 10.1. The Hall–Kier alpha value is -2.23. The van der Waals surface area contributed by atoms with Crippen LogP contribution in [0.1, 0.15) is 27.3 Å². The number of aryl methyl sites for hydroxylation is 2. The molecule has 1 amide bonds. The Kier molecular flexibility index (Phi) is 3.90. The van der Waals surface area contributed by atoms with Crippen molar-refractivity contribution in [3.8, 4) is 0 Å². The van der Waals surface area contributed by atoms with E-state index in [2.05, 4.69) is 10.3 Å². The fourth-order valence-corrected chi connectivity index (χ4v) is 1.85. The highest BCUT2D eigenvalue weighted by atomic mass is 19.1. The van der Waals surface area contributed by atoms with E-state index in [9.17, 15) is 9.18 Å². The quantitative estimate of drug-likeness (QED) is 0.919.